The van der Waals surface area contributed by atoms with Gasteiger partial charge < -0.3 is 10.1 Å². The number of rotatable bonds is 9. The number of hydrazone groups is 1. The van der Waals surface area contributed by atoms with E-state index in [2.05, 4.69) is 15.8 Å². The van der Waals surface area contributed by atoms with Crippen LogP contribution in [0.1, 0.15) is 27.0 Å². The van der Waals surface area contributed by atoms with Crippen molar-refractivity contribution >= 4 is 29.7 Å². The molecule has 2 amide bonds. The quantitative estimate of drug-likeness (QED) is 0.152. The van der Waals surface area contributed by atoms with Crippen LogP contribution < -0.4 is 15.5 Å². The number of esters is 1. The van der Waals surface area contributed by atoms with Gasteiger partial charge in [0.15, 0.2) is 0 Å². The molecule has 0 radical (unpaired) electrons. The van der Waals surface area contributed by atoms with Crippen molar-refractivity contribution in [2.75, 3.05) is 5.32 Å². The first kappa shape index (κ1) is 25.1. The molecule has 37 heavy (non-hydrogen) atoms. The van der Waals surface area contributed by atoms with Gasteiger partial charge in [-0.25, -0.2) is 5.43 Å². The van der Waals surface area contributed by atoms with Crippen LogP contribution in [-0.2, 0) is 22.4 Å². The predicted molar refractivity (Wildman–Crippen MR) is 143 cm³/mol. The molecular formula is C30H25N3O4. The summed E-state index contributed by atoms with van der Waals surface area (Å²) < 4.78 is 5.50. The van der Waals surface area contributed by atoms with Crippen LogP contribution in [0.15, 0.2) is 114 Å². The fraction of sp³-hybridized carbons (Fsp3) is 0.0667. The number of carbonyl (C=O) groups is 3. The van der Waals surface area contributed by atoms with E-state index in [1.54, 1.807) is 48.5 Å². The Morgan fingerprint density at radius 3 is 1.97 bits per heavy atom. The molecule has 0 spiro atoms. The Hall–Kier alpha value is -5.04. The van der Waals surface area contributed by atoms with Gasteiger partial charge in [0, 0.05) is 16.8 Å². The normalized spacial score (nSPS) is 10.6. The van der Waals surface area contributed by atoms with Gasteiger partial charge in [-0.2, -0.15) is 5.10 Å². The van der Waals surface area contributed by atoms with E-state index >= 15 is 0 Å². The van der Waals surface area contributed by atoms with Crippen molar-refractivity contribution in [2.24, 2.45) is 5.10 Å². The average molecular weight is 492 g/mol. The summed E-state index contributed by atoms with van der Waals surface area (Å²) in [5.41, 5.74) is 5.74. The molecule has 0 unspecified atom stereocenters. The minimum Gasteiger partial charge on any atom is -0.426 e. The molecule has 0 aliphatic rings. The molecular weight excluding hydrogens is 466 g/mol. The number of hydrogen-bond acceptors (Lipinski definition) is 5. The molecule has 0 atom stereocenters. The Bertz CT molecular complexity index is 1390. The van der Waals surface area contributed by atoms with Gasteiger partial charge in [0.25, 0.3) is 5.91 Å². The van der Waals surface area contributed by atoms with Crippen molar-refractivity contribution in [1.82, 2.24) is 5.43 Å². The van der Waals surface area contributed by atoms with Crippen LogP contribution >= 0.6 is 0 Å². The lowest BCUT2D eigenvalue weighted by atomic mass is 10.1. The highest BCUT2D eigenvalue weighted by molar-refractivity contribution is 5.97. The van der Waals surface area contributed by atoms with E-state index in [0.717, 1.165) is 11.1 Å². The van der Waals surface area contributed by atoms with Crippen LogP contribution in [0.3, 0.4) is 0 Å². The number of ether oxygens (including phenoxy) is 1. The summed E-state index contributed by atoms with van der Waals surface area (Å²) in [5.74, 6) is -0.614. The maximum absolute atomic E-state index is 12.5. The average Bonchev–Trinajstić information content (AvgIpc) is 2.91. The molecule has 0 saturated heterocycles. The zero-order chi connectivity index (χ0) is 25.9. The number of benzene rings is 4. The number of hydrogen-bond donors (Lipinski definition) is 2. The molecule has 0 saturated carbocycles. The van der Waals surface area contributed by atoms with E-state index in [1.807, 2.05) is 60.7 Å². The molecule has 0 aromatic heterocycles. The van der Waals surface area contributed by atoms with Crippen molar-refractivity contribution < 1.29 is 19.1 Å². The van der Waals surface area contributed by atoms with Gasteiger partial charge in [-0.1, -0.05) is 72.8 Å². The van der Waals surface area contributed by atoms with Gasteiger partial charge in [-0.15, -0.1) is 0 Å². The molecule has 0 aliphatic heterocycles. The number of anilines is 1. The molecule has 4 aromatic rings. The number of nitrogens with zero attached hydrogens (tertiary/aromatic N) is 1. The molecule has 7 heteroatoms. The Morgan fingerprint density at radius 1 is 0.703 bits per heavy atom. The first-order valence-electron chi connectivity index (χ1n) is 11.7. The van der Waals surface area contributed by atoms with Gasteiger partial charge in [-0.05, 0) is 47.5 Å². The fourth-order valence-corrected chi connectivity index (χ4v) is 3.52. The van der Waals surface area contributed by atoms with Gasteiger partial charge in [-0.3, -0.25) is 14.4 Å². The van der Waals surface area contributed by atoms with Crippen LogP contribution in [0, 0.1) is 0 Å². The molecule has 184 valence electrons. The summed E-state index contributed by atoms with van der Waals surface area (Å²) in [6.07, 6.45) is 1.83. The van der Waals surface area contributed by atoms with Gasteiger partial charge >= 0.3 is 5.97 Å². The lowest BCUT2D eigenvalue weighted by molar-refractivity contribution is -0.133. The highest BCUT2D eigenvalue weighted by Gasteiger charge is 2.10. The minimum absolute atomic E-state index is 0.142. The van der Waals surface area contributed by atoms with E-state index in [4.69, 9.17) is 4.74 Å². The molecule has 0 bridgehead atoms. The maximum atomic E-state index is 12.5. The zero-order valence-electron chi connectivity index (χ0n) is 20.0. The smallest absolute Gasteiger partial charge is 0.315 e. The lowest BCUT2D eigenvalue weighted by Gasteiger charge is -2.08. The van der Waals surface area contributed by atoms with Crippen molar-refractivity contribution in [3.63, 3.8) is 0 Å². The third kappa shape index (κ3) is 7.73. The number of para-hydroxylation sites is 1. The Kier molecular flexibility index (Phi) is 8.54. The molecule has 0 fully saturated rings. The van der Waals surface area contributed by atoms with Gasteiger partial charge in [0.1, 0.15) is 5.75 Å². The van der Waals surface area contributed by atoms with Crippen molar-refractivity contribution in [3.05, 3.63) is 131 Å². The van der Waals surface area contributed by atoms with Crippen LogP contribution in [0.4, 0.5) is 5.69 Å². The minimum atomic E-state index is -0.419. The SMILES string of the molecule is O=C(Cc1ccccc1)Nc1ccc(C(=O)N/N=C\c2ccccc2OC(=O)Cc2ccccc2)cc1. The largest absolute Gasteiger partial charge is 0.426 e. The summed E-state index contributed by atoms with van der Waals surface area (Å²) in [7, 11) is 0. The third-order valence-electron chi connectivity index (χ3n) is 5.34. The lowest BCUT2D eigenvalue weighted by Crippen LogP contribution is -2.18. The summed E-state index contributed by atoms with van der Waals surface area (Å²) in [6, 6.07) is 32.2. The van der Waals surface area contributed by atoms with E-state index in [-0.39, 0.29) is 18.7 Å². The summed E-state index contributed by atoms with van der Waals surface area (Å²) in [4.78, 5) is 37.0. The second kappa shape index (κ2) is 12.6. The van der Waals surface area contributed by atoms with Crippen LogP contribution in [0.2, 0.25) is 0 Å². The van der Waals surface area contributed by atoms with Crippen molar-refractivity contribution in [3.8, 4) is 5.75 Å². The van der Waals surface area contributed by atoms with Crippen LogP contribution in [0.25, 0.3) is 0 Å². The van der Waals surface area contributed by atoms with E-state index in [9.17, 15) is 14.4 Å². The molecule has 0 heterocycles. The van der Waals surface area contributed by atoms with E-state index < -0.39 is 11.9 Å². The summed E-state index contributed by atoms with van der Waals surface area (Å²) in [6.45, 7) is 0. The second-order valence-electron chi connectivity index (χ2n) is 8.16. The Balaban J connectivity index is 1.30. The molecule has 0 aliphatic carbocycles. The molecule has 4 aromatic carbocycles. The second-order valence-corrected chi connectivity index (χ2v) is 8.16. The number of nitrogens with one attached hydrogen (secondary N) is 2. The third-order valence-corrected chi connectivity index (χ3v) is 5.34. The van der Waals surface area contributed by atoms with Crippen molar-refractivity contribution in [1.29, 1.82) is 0 Å². The fourth-order valence-electron chi connectivity index (χ4n) is 3.52. The van der Waals surface area contributed by atoms with E-state index in [0.29, 0.717) is 22.6 Å². The van der Waals surface area contributed by atoms with Gasteiger partial charge in [0.2, 0.25) is 5.91 Å². The van der Waals surface area contributed by atoms with E-state index in [1.165, 1.54) is 6.21 Å². The number of carbonyl (C=O) groups excluding carboxylic acids is 3. The Labute approximate surface area is 214 Å². The maximum Gasteiger partial charge on any atom is 0.315 e. The standard InChI is InChI=1S/C30H25N3O4/c34-28(19-22-9-3-1-4-10-22)32-26-17-15-24(16-18-26)30(36)33-31-21-25-13-7-8-14-27(25)37-29(35)20-23-11-5-2-6-12-23/h1-18,21H,19-20H2,(H,32,34)(H,33,36)/b31-21-. The van der Waals surface area contributed by atoms with Crippen LogP contribution in [-0.4, -0.2) is 24.0 Å². The van der Waals surface area contributed by atoms with Gasteiger partial charge in [0.05, 0.1) is 19.1 Å². The highest BCUT2D eigenvalue weighted by Crippen LogP contribution is 2.17. The van der Waals surface area contributed by atoms with Crippen LogP contribution in [0.5, 0.6) is 5.75 Å². The molecule has 7 nitrogen and oxygen atoms in total. The summed E-state index contributed by atoms with van der Waals surface area (Å²) in [5, 5.41) is 6.82. The first-order chi connectivity index (χ1) is 18.1. The highest BCUT2D eigenvalue weighted by atomic mass is 16.5. The summed E-state index contributed by atoms with van der Waals surface area (Å²) >= 11 is 0. The first-order valence-corrected chi connectivity index (χ1v) is 11.7. The predicted octanol–water partition coefficient (Wildman–Crippen LogP) is 4.78. The molecule has 2 N–H and O–H groups in total. The topological polar surface area (TPSA) is 96.9 Å². The molecule has 4 rings (SSSR count). The van der Waals surface area contributed by atoms with Crippen molar-refractivity contribution in [2.45, 2.75) is 12.8 Å². The Morgan fingerprint density at radius 2 is 1.30 bits per heavy atom. The number of amides is 2. The monoisotopic (exact) mass is 491 g/mol. The zero-order valence-corrected chi connectivity index (χ0v) is 20.0.